The maximum Gasteiger partial charge on any atom is 0.349 e. The van der Waals surface area contributed by atoms with Gasteiger partial charge in [0.25, 0.3) is 0 Å². The van der Waals surface area contributed by atoms with E-state index >= 15 is 0 Å². The Morgan fingerprint density at radius 2 is 1.56 bits per heavy atom. The largest absolute Gasteiger partial charge is 0.482 e. The van der Waals surface area contributed by atoms with Crippen molar-refractivity contribution < 1.29 is 28.5 Å². The van der Waals surface area contributed by atoms with Crippen molar-refractivity contribution in [3.63, 3.8) is 0 Å². The molecule has 0 saturated carbocycles. The first-order chi connectivity index (χ1) is 13.0. The third-order valence-corrected chi connectivity index (χ3v) is 3.54. The number of carbonyl (C=O) groups excluding carboxylic acids is 2. The van der Waals surface area contributed by atoms with E-state index in [2.05, 4.69) is 0 Å². The highest BCUT2D eigenvalue weighted by molar-refractivity contribution is 5.89. The van der Waals surface area contributed by atoms with E-state index in [4.69, 9.17) is 18.9 Å². The Kier molecular flexibility index (Phi) is 7.82. The minimum Gasteiger partial charge on any atom is -0.482 e. The van der Waals surface area contributed by atoms with Gasteiger partial charge in [-0.3, -0.25) is 0 Å². The Balaban J connectivity index is 1.81. The summed E-state index contributed by atoms with van der Waals surface area (Å²) in [6.07, 6.45) is 0. The van der Waals surface area contributed by atoms with Gasteiger partial charge < -0.3 is 18.9 Å². The van der Waals surface area contributed by atoms with Gasteiger partial charge in [0.05, 0.1) is 12.2 Å². The average Bonchev–Trinajstić information content (AvgIpc) is 2.63. The van der Waals surface area contributed by atoms with Crippen molar-refractivity contribution in [3.05, 3.63) is 59.2 Å². The highest BCUT2D eigenvalue weighted by Crippen LogP contribution is 2.17. The zero-order valence-corrected chi connectivity index (χ0v) is 15.8. The third-order valence-electron chi connectivity index (χ3n) is 3.54. The molecule has 0 N–H and O–H groups in total. The molecular formula is C21H24O6. The lowest BCUT2D eigenvalue weighted by atomic mass is 10.1. The van der Waals surface area contributed by atoms with Crippen molar-refractivity contribution in [1.29, 1.82) is 0 Å². The van der Waals surface area contributed by atoms with E-state index in [9.17, 15) is 9.59 Å². The van der Waals surface area contributed by atoms with E-state index < -0.39 is 11.9 Å². The molecule has 0 spiro atoms. The SMILES string of the molecule is CCOCCOC(=O)c1ccc(OC(=O)COc2cc(C)cc(C)c2)cc1. The molecule has 144 valence electrons. The molecule has 0 atom stereocenters. The lowest BCUT2D eigenvalue weighted by molar-refractivity contribution is -0.136. The molecule has 0 amide bonds. The van der Waals surface area contributed by atoms with Crippen molar-refractivity contribution >= 4 is 11.9 Å². The molecule has 27 heavy (non-hydrogen) atoms. The zero-order valence-electron chi connectivity index (χ0n) is 15.8. The summed E-state index contributed by atoms with van der Waals surface area (Å²) in [6, 6.07) is 11.9. The van der Waals surface area contributed by atoms with Crippen LogP contribution in [0.25, 0.3) is 0 Å². The van der Waals surface area contributed by atoms with E-state index in [1.165, 1.54) is 24.3 Å². The lowest BCUT2D eigenvalue weighted by Crippen LogP contribution is -2.18. The monoisotopic (exact) mass is 372 g/mol. The number of hydrogen-bond donors (Lipinski definition) is 0. The molecule has 0 aliphatic rings. The Morgan fingerprint density at radius 1 is 0.889 bits per heavy atom. The molecule has 2 rings (SSSR count). The lowest BCUT2D eigenvalue weighted by Gasteiger charge is -2.09. The molecule has 6 nitrogen and oxygen atoms in total. The molecule has 0 bridgehead atoms. The van der Waals surface area contributed by atoms with Crippen molar-refractivity contribution in [1.82, 2.24) is 0 Å². The van der Waals surface area contributed by atoms with Gasteiger partial charge in [0.2, 0.25) is 0 Å². The molecule has 0 heterocycles. The first-order valence-electron chi connectivity index (χ1n) is 8.74. The molecule has 0 fully saturated rings. The minimum atomic E-state index is -0.527. The molecule has 0 saturated heterocycles. The van der Waals surface area contributed by atoms with Crippen molar-refractivity contribution in [2.75, 3.05) is 26.4 Å². The molecule has 0 radical (unpaired) electrons. The summed E-state index contributed by atoms with van der Waals surface area (Å²) in [6.45, 7) is 6.71. The first-order valence-corrected chi connectivity index (χ1v) is 8.74. The summed E-state index contributed by atoms with van der Waals surface area (Å²) < 4.78 is 20.8. The van der Waals surface area contributed by atoms with Crippen LogP contribution in [0.2, 0.25) is 0 Å². The van der Waals surface area contributed by atoms with Gasteiger partial charge in [0.1, 0.15) is 18.1 Å². The third kappa shape index (κ3) is 7.11. The van der Waals surface area contributed by atoms with Crippen LogP contribution in [0.1, 0.15) is 28.4 Å². The molecule has 0 unspecified atom stereocenters. The number of benzene rings is 2. The molecule has 2 aromatic rings. The average molecular weight is 372 g/mol. The highest BCUT2D eigenvalue weighted by Gasteiger charge is 2.10. The zero-order chi connectivity index (χ0) is 19.6. The maximum absolute atomic E-state index is 11.9. The van der Waals surface area contributed by atoms with Gasteiger partial charge in [-0.1, -0.05) is 6.07 Å². The van der Waals surface area contributed by atoms with E-state index in [1.807, 2.05) is 39.0 Å². The van der Waals surface area contributed by atoms with Crippen LogP contribution in [0.15, 0.2) is 42.5 Å². The van der Waals surface area contributed by atoms with Gasteiger partial charge in [0.15, 0.2) is 6.61 Å². The summed E-state index contributed by atoms with van der Waals surface area (Å²) in [7, 11) is 0. The van der Waals surface area contributed by atoms with Crippen LogP contribution in [0.5, 0.6) is 11.5 Å². The van der Waals surface area contributed by atoms with Crippen molar-refractivity contribution in [2.45, 2.75) is 20.8 Å². The predicted molar refractivity (Wildman–Crippen MR) is 100 cm³/mol. The standard InChI is InChI=1S/C21H24O6/c1-4-24-9-10-25-21(23)17-5-7-18(8-6-17)27-20(22)14-26-19-12-15(2)11-16(3)13-19/h5-8,11-13H,4,9-10,14H2,1-3H3. The van der Waals surface area contributed by atoms with E-state index in [0.717, 1.165) is 11.1 Å². The fourth-order valence-corrected chi connectivity index (χ4v) is 2.40. The Morgan fingerprint density at radius 3 is 2.19 bits per heavy atom. The van der Waals surface area contributed by atoms with Crippen LogP contribution in [0.4, 0.5) is 0 Å². The van der Waals surface area contributed by atoms with Gasteiger partial charge in [-0.2, -0.15) is 0 Å². The Labute approximate surface area is 159 Å². The number of ether oxygens (including phenoxy) is 4. The first kappa shape index (κ1) is 20.5. The highest BCUT2D eigenvalue weighted by atomic mass is 16.6. The van der Waals surface area contributed by atoms with E-state index in [1.54, 1.807) is 0 Å². The van der Waals surface area contributed by atoms with Gasteiger partial charge in [0, 0.05) is 6.61 Å². The predicted octanol–water partition coefficient (Wildman–Crippen LogP) is 3.48. The number of esters is 2. The molecule has 0 aliphatic heterocycles. The second-order valence-corrected chi connectivity index (χ2v) is 5.94. The van der Waals surface area contributed by atoms with Crippen LogP contribution in [-0.4, -0.2) is 38.4 Å². The topological polar surface area (TPSA) is 71.1 Å². The second-order valence-electron chi connectivity index (χ2n) is 5.94. The summed E-state index contributed by atoms with van der Waals surface area (Å²) in [5, 5.41) is 0. The molecular weight excluding hydrogens is 348 g/mol. The van der Waals surface area contributed by atoms with Crippen molar-refractivity contribution in [3.8, 4) is 11.5 Å². The normalized spacial score (nSPS) is 10.3. The van der Waals surface area contributed by atoms with Crippen LogP contribution in [-0.2, 0) is 14.3 Å². The van der Waals surface area contributed by atoms with E-state index in [-0.39, 0.29) is 13.2 Å². The Bertz CT molecular complexity index is 746. The number of aryl methyl sites for hydroxylation is 2. The second kappa shape index (κ2) is 10.3. The van der Waals surface area contributed by atoms with E-state index in [0.29, 0.717) is 30.3 Å². The molecule has 2 aromatic carbocycles. The van der Waals surface area contributed by atoms with Gasteiger partial charge in [-0.25, -0.2) is 9.59 Å². The smallest absolute Gasteiger partial charge is 0.349 e. The number of carbonyl (C=O) groups is 2. The Hall–Kier alpha value is -2.86. The summed E-state index contributed by atoms with van der Waals surface area (Å²) in [4.78, 5) is 23.8. The molecule has 6 heteroatoms. The van der Waals surface area contributed by atoms with Gasteiger partial charge >= 0.3 is 11.9 Å². The summed E-state index contributed by atoms with van der Waals surface area (Å²) >= 11 is 0. The maximum atomic E-state index is 11.9. The van der Waals surface area contributed by atoms with Gasteiger partial charge in [-0.15, -0.1) is 0 Å². The minimum absolute atomic E-state index is 0.194. The quantitative estimate of drug-likeness (QED) is 0.381. The number of hydrogen-bond acceptors (Lipinski definition) is 6. The van der Waals surface area contributed by atoms with Crippen LogP contribution < -0.4 is 9.47 Å². The fourth-order valence-electron chi connectivity index (χ4n) is 2.40. The summed E-state index contributed by atoms with van der Waals surface area (Å²) in [5.41, 5.74) is 2.49. The van der Waals surface area contributed by atoms with Crippen molar-refractivity contribution in [2.24, 2.45) is 0 Å². The van der Waals surface area contributed by atoms with Crippen LogP contribution in [0.3, 0.4) is 0 Å². The number of rotatable bonds is 9. The van der Waals surface area contributed by atoms with Crippen LogP contribution in [0, 0.1) is 13.8 Å². The fraction of sp³-hybridized carbons (Fsp3) is 0.333. The molecule has 0 aromatic heterocycles. The van der Waals surface area contributed by atoms with Gasteiger partial charge in [-0.05, 0) is 68.3 Å². The van der Waals surface area contributed by atoms with Crippen LogP contribution >= 0.6 is 0 Å². The molecule has 0 aliphatic carbocycles. The summed E-state index contributed by atoms with van der Waals surface area (Å²) in [5.74, 6) is -0.0311.